The Morgan fingerprint density at radius 1 is 1.06 bits per heavy atom. The van der Waals surface area contributed by atoms with Crippen LogP contribution in [0.1, 0.15) is 60.3 Å². The predicted octanol–water partition coefficient (Wildman–Crippen LogP) is 3.26. The molecule has 0 radical (unpaired) electrons. The van der Waals surface area contributed by atoms with Gasteiger partial charge >= 0.3 is 0 Å². The zero-order valence-electron chi connectivity index (χ0n) is 12.1. The number of nitrogens with two attached hydrogens (primary N) is 1. The summed E-state index contributed by atoms with van der Waals surface area (Å²) in [5.41, 5.74) is 6.34. The predicted molar refractivity (Wildman–Crippen MR) is 73.7 cm³/mol. The lowest BCUT2D eigenvalue weighted by Crippen LogP contribution is -2.54. The summed E-state index contributed by atoms with van der Waals surface area (Å²) in [6, 6.07) is 0. The summed E-state index contributed by atoms with van der Waals surface area (Å²) in [4.78, 5) is 2.62. The Hall–Kier alpha value is -0.0800. The van der Waals surface area contributed by atoms with E-state index in [0.717, 1.165) is 19.0 Å². The lowest BCUT2D eigenvalue weighted by atomic mass is 9.86. The minimum absolute atomic E-state index is 0.252. The van der Waals surface area contributed by atoms with Crippen LogP contribution in [0.2, 0.25) is 0 Å². The van der Waals surface area contributed by atoms with Gasteiger partial charge in [-0.2, -0.15) is 0 Å². The van der Waals surface area contributed by atoms with E-state index in [0.29, 0.717) is 0 Å². The van der Waals surface area contributed by atoms with Crippen molar-refractivity contribution >= 4 is 0 Å². The van der Waals surface area contributed by atoms with Gasteiger partial charge in [-0.15, -0.1) is 0 Å². The number of hydrogen-bond acceptors (Lipinski definition) is 2. The summed E-state index contributed by atoms with van der Waals surface area (Å²) in [6.45, 7) is 14.5. The van der Waals surface area contributed by atoms with E-state index in [4.69, 9.17) is 5.73 Å². The van der Waals surface area contributed by atoms with Crippen LogP contribution in [0.4, 0.5) is 0 Å². The number of rotatable bonds is 9. The second-order valence-corrected chi connectivity index (χ2v) is 5.36. The number of nitrogens with zero attached hydrogens (tertiary/aromatic N) is 1. The molecule has 0 aromatic carbocycles. The molecule has 0 aliphatic heterocycles. The molecule has 0 fully saturated rings. The summed E-state index contributed by atoms with van der Waals surface area (Å²) >= 11 is 0. The molecule has 2 N–H and O–H groups in total. The molecule has 0 saturated heterocycles. The van der Waals surface area contributed by atoms with Crippen molar-refractivity contribution in [2.45, 2.75) is 65.8 Å². The summed E-state index contributed by atoms with van der Waals surface area (Å²) in [6.07, 6.45) is 4.92. The van der Waals surface area contributed by atoms with Crippen LogP contribution in [0.15, 0.2) is 0 Å². The normalized spacial score (nSPS) is 12.8. The molecule has 0 atom stereocenters. The Morgan fingerprint density at radius 3 is 1.81 bits per heavy atom. The standard InChI is InChI=1S/C14H32N2/c1-6-9-14(12-15,10-7-2)16(8-3)11-13(4)5/h13H,6-12,15H2,1-5H3. The third-order valence-corrected chi connectivity index (χ3v) is 3.45. The van der Waals surface area contributed by atoms with Gasteiger partial charge in [-0.25, -0.2) is 0 Å². The van der Waals surface area contributed by atoms with Gasteiger partial charge in [-0.05, 0) is 25.3 Å². The zero-order valence-corrected chi connectivity index (χ0v) is 12.1. The molecule has 0 aliphatic carbocycles. The van der Waals surface area contributed by atoms with Crippen LogP contribution in [0.5, 0.6) is 0 Å². The lowest BCUT2D eigenvalue weighted by Gasteiger charge is -2.44. The van der Waals surface area contributed by atoms with Crippen LogP contribution < -0.4 is 5.73 Å². The highest BCUT2D eigenvalue weighted by molar-refractivity contribution is 4.91. The maximum absolute atomic E-state index is 6.09. The van der Waals surface area contributed by atoms with Gasteiger partial charge in [0.2, 0.25) is 0 Å². The summed E-state index contributed by atoms with van der Waals surface area (Å²) in [5.74, 6) is 0.722. The third kappa shape index (κ3) is 4.42. The van der Waals surface area contributed by atoms with Gasteiger partial charge in [0.25, 0.3) is 0 Å². The van der Waals surface area contributed by atoms with Crippen molar-refractivity contribution in [3.8, 4) is 0 Å². The molecule has 0 unspecified atom stereocenters. The summed E-state index contributed by atoms with van der Waals surface area (Å²) in [5, 5.41) is 0. The molecule has 0 aromatic heterocycles. The van der Waals surface area contributed by atoms with Crippen molar-refractivity contribution < 1.29 is 0 Å². The van der Waals surface area contributed by atoms with E-state index >= 15 is 0 Å². The average Bonchev–Trinajstić information content (AvgIpc) is 2.25. The first-order valence-electron chi connectivity index (χ1n) is 7.01. The van der Waals surface area contributed by atoms with E-state index in [1.807, 2.05) is 0 Å². The summed E-state index contributed by atoms with van der Waals surface area (Å²) < 4.78 is 0. The molecular weight excluding hydrogens is 196 g/mol. The SMILES string of the molecule is CCCC(CN)(CCC)N(CC)CC(C)C. The van der Waals surface area contributed by atoms with Crippen LogP contribution in [-0.4, -0.2) is 30.1 Å². The highest BCUT2D eigenvalue weighted by atomic mass is 15.2. The number of likely N-dealkylation sites (N-methyl/N-ethyl adjacent to an activating group) is 1. The van der Waals surface area contributed by atoms with Crippen LogP contribution in [0, 0.1) is 5.92 Å². The molecule has 16 heavy (non-hydrogen) atoms. The fraction of sp³-hybridized carbons (Fsp3) is 1.00. The highest BCUT2D eigenvalue weighted by Gasteiger charge is 2.32. The molecule has 2 nitrogen and oxygen atoms in total. The van der Waals surface area contributed by atoms with Gasteiger partial charge in [0.15, 0.2) is 0 Å². The van der Waals surface area contributed by atoms with Crippen molar-refractivity contribution in [3.63, 3.8) is 0 Å². The fourth-order valence-electron chi connectivity index (χ4n) is 2.80. The summed E-state index contributed by atoms with van der Waals surface area (Å²) in [7, 11) is 0. The minimum atomic E-state index is 0.252. The highest BCUT2D eigenvalue weighted by Crippen LogP contribution is 2.27. The largest absolute Gasteiger partial charge is 0.329 e. The van der Waals surface area contributed by atoms with E-state index in [2.05, 4.69) is 39.5 Å². The average molecular weight is 228 g/mol. The van der Waals surface area contributed by atoms with Crippen LogP contribution in [0.25, 0.3) is 0 Å². The minimum Gasteiger partial charge on any atom is -0.329 e. The van der Waals surface area contributed by atoms with E-state index in [9.17, 15) is 0 Å². The van der Waals surface area contributed by atoms with Crippen LogP contribution >= 0.6 is 0 Å². The first-order chi connectivity index (χ1) is 7.56. The Bertz CT molecular complexity index is 160. The molecule has 0 rings (SSSR count). The molecule has 0 aromatic rings. The van der Waals surface area contributed by atoms with Gasteiger partial charge < -0.3 is 5.73 Å². The van der Waals surface area contributed by atoms with E-state index in [1.165, 1.54) is 32.2 Å². The molecule has 0 amide bonds. The maximum Gasteiger partial charge on any atom is 0.0331 e. The van der Waals surface area contributed by atoms with Crippen LogP contribution in [-0.2, 0) is 0 Å². The fourth-order valence-corrected chi connectivity index (χ4v) is 2.80. The molecule has 0 spiro atoms. The molecule has 0 aliphatic rings. The molecule has 0 bridgehead atoms. The second-order valence-electron chi connectivity index (χ2n) is 5.36. The number of hydrogen-bond donors (Lipinski definition) is 1. The van der Waals surface area contributed by atoms with Gasteiger partial charge in [0.1, 0.15) is 0 Å². The van der Waals surface area contributed by atoms with E-state index in [-0.39, 0.29) is 5.54 Å². The quantitative estimate of drug-likeness (QED) is 0.656. The first-order valence-corrected chi connectivity index (χ1v) is 7.01. The molecular formula is C14H32N2. The van der Waals surface area contributed by atoms with Crippen molar-refractivity contribution in [1.29, 1.82) is 0 Å². The van der Waals surface area contributed by atoms with Gasteiger partial charge in [0, 0.05) is 18.6 Å². The maximum atomic E-state index is 6.09. The Balaban J connectivity index is 4.77. The monoisotopic (exact) mass is 228 g/mol. The van der Waals surface area contributed by atoms with Gasteiger partial charge in [-0.1, -0.05) is 47.5 Å². The van der Waals surface area contributed by atoms with Crippen molar-refractivity contribution in [2.75, 3.05) is 19.6 Å². The Labute approximate surface area is 103 Å². The van der Waals surface area contributed by atoms with E-state index in [1.54, 1.807) is 0 Å². The topological polar surface area (TPSA) is 29.3 Å². The van der Waals surface area contributed by atoms with Crippen molar-refractivity contribution in [3.05, 3.63) is 0 Å². The molecule has 0 heterocycles. The van der Waals surface area contributed by atoms with Gasteiger partial charge in [0.05, 0.1) is 0 Å². The zero-order chi connectivity index (χ0) is 12.6. The molecule has 0 saturated carbocycles. The lowest BCUT2D eigenvalue weighted by molar-refractivity contribution is 0.0679. The second kappa shape index (κ2) is 8.08. The van der Waals surface area contributed by atoms with Gasteiger partial charge in [-0.3, -0.25) is 4.90 Å². The van der Waals surface area contributed by atoms with E-state index < -0.39 is 0 Å². The first kappa shape index (κ1) is 15.9. The third-order valence-electron chi connectivity index (χ3n) is 3.45. The Morgan fingerprint density at radius 2 is 1.56 bits per heavy atom. The molecule has 2 heteroatoms. The Kier molecular flexibility index (Phi) is 8.04. The van der Waals surface area contributed by atoms with Crippen molar-refractivity contribution in [1.82, 2.24) is 4.90 Å². The van der Waals surface area contributed by atoms with Crippen molar-refractivity contribution in [2.24, 2.45) is 11.7 Å². The van der Waals surface area contributed by atoms with Crippen LogP contribution in [0.3, 0.4) is 0 Å². The smallest absolute Gasteiger partial charge is 0.0331 e. The molecule has 98 valence electrons.